The first-order valence-electron chi connectivity index (χ1n) is 11.6. The number of nitrogens with zero attached hydrogens (tertiary/aromatic N) is 1. The monoisotopic (exact) mass is 576 g/mol. The molecule has 1 N–H and O–H groups in total. The summed E-state index contributed by atoms with van der Waals surface area (Å²) in [5, 5.41) is 13.7. The van der Waals surface area contributed by atoms with Crippen molar-refractivity contribution in [3.63, 3.8) is 0 Å². The Hall–Kier alpha value is -5.07. The van der Waals surface area contributed by atoms with Gasteiger partial charge in [-0.1, -0.05) is 30.3 Å². The molecule has 0 aliphatic heterocycles. The molecule has 4 aromatic rings. The van der Waals surface area contributed by atoms with E-state index in [1.165, 1.54) is 24.3 Å². The number of hydrogen-bond donors (Lipinski definition) is 1. The van der Waals surface area contributed by atoms with E-state index in [-0.39, 0.29) is 29.4 Å². The van der Waals surface area contributed by atoms with Crippen LogP contribution < -0.4 is 14.8 Å². The average molecular weight is 576 g/mol. The number of nitrogens with one attached hydrogen (secondary N) is 1. The van der Waals surface area contributed by atoms with E-state index in [0.29, 0.717) is 12.1 Å². The van der Waals surface area contributed by atoms with E-state index in [2.05, 4.69) is 5.32 Å². The molecule has 0 aliphatic carbocycles. The lowest BCUT2D eigenvalue weighted by Crippen LogP contribution is -2.14. The second kappa shape index (κ2) is 11.6. The van der Waals surface area contributed by atoms with Crippen LogP contribution in [0.1, 0.15) is 27.0 Å². The lowest BCUT2D eigenvalue weighted by atomic mass is 10.1. The molecule has 41 heavy (non-hydrogen) atoms. The van der Waals surface area contributed by atoms with Crippen LogP contribution in [0.5, 0.6) is 17.2 Å². The maximum absolute atomic E-state index is 13.3. The van der Waals surface area contributed by atoms with Gasteiger partial charge in [0.05, 0.1) is 21.7 Å². The van der Waals surface area contributed by atoms with Crippen molar-refractivity contribution in [2.24, 2.45) is 0 Å². The fraction of sp³-hybridized carbons (Fsp3) is 0.107. The third-order valence-corrected chi connectivity index (χ3v) is 5.62. The molecular formula is C28H18F6N2O5. The third-order valence-electron chi connectivity index (χ3n) is 5.62. The predicted octanol–water partition coefficient (Wildman–Crippen LogP) is 8.26. The number of ether oxygens (including phenoxy) is 2. The van der Waals surface area contributed by atoms with Gasteiger partial charge in [-0.05, 0) is 60.2 Å². The first-order valence-corrected chi connectivity index (χ1v) is 11.6. The molecule has 4 aromatic carbocycles. The molecule has 7 nitrogen and oxygen atoms in total. The zero-order chi connectivity index (χ0) is 29.8. The number of rotatable bonds is 8. The maximum atomic E-state index is 13.3. The number of hydrogen-bond acceptors (Lipinski definition) is 5. The summed E-state index contributed by atoms with van der Waals surface area (Å²) < 4.78 is 89.8. The van der Waals surface area contributed by atoms with Crippen molar-refractivity contribution in [1.29, 1.82) is 0 Å². The molecule has 0 saturated heterocycles. The van der Waals surface area contributed by atoms with Crippen LogP contribution in [-0.4, -0.2) is 10.8 Å². The normalized spacial score (nSPS) is 11.6. The van der Waals surface area contributed by atoms with Gasteiger partial charge in [0.2, 0.25) is 5.75 Å². The van der Waals surface area contributed by atoms with Crippen LogP contribution in [0.3, 0.4) is 0 Å². The quantitative estimate of drug-likeness (QED) is 0.130. The molecule has 1 amide bonds. The van der Waals surface area contributed by atoms with E-state index in [0.717, 1.165) is 29.8 Å². The third kappa shape index (κ3) is 7.32. The molecule has 0 unspecified atom stereocenters. The topological polar surface area (TPSA) is 90.7 Å². The largest absolute Gasteiger partial charge is 0.487 e. The Morgan fingerprint density at radius 2 is 1.37 bits per heavy atom. The van der Waals surface area contributed by atoms with Gasteiger partial charge < -0.3 is 14.8 Å². The Morgan fingerprint density at radius 1 is 0.780 bits per heavy atom. The second-order valence-corrected chi connectivity index (χ2v) is 8.50. The van der Waals surface area contributed by atoms with Crippen LogP contribution in [0.15, 0.2) is 91.0 Å². The molecule has 0 spiro atoms. The summed E-state index contributed by atoms with van der Waals surface area (Å²) in [5.74, 6) is -1.33. The van der Waals surface area contributed by atoms with Crippen molar-refractivity contribution < 1.29 is 45.5 Å². The molecule has 4 rings (SSSR count). The first-order chi connectivity index (χ1) is 19.3. The number of carbonyl (C=O) groups excluding carboxylic acids is 1. The highest BCUT2D eigenvalue weighted by molar-refractivity contribution is 6.05. The Bertz CT molecular complexity index is 1560. The van der Waals surface area contributed by atoms with Gasteiger partial charge >= 0.3 is 18.0 Å². The van der Waals surface area contributed by atoms with Crippen molar-refractivity contribution >= 4 is 17.3 Å². The SMILES string of the molecule is O=C(Nc1cc(C(F)(F)F)ccc1OCc1ccccc1)c1ccc(Oc2ccc(C(F)(F)F)cc2[N+](=O)[O-])cc1. The van der Waals surface area contributed by atoms with E-state index in [1.54, 1.807) is 30.3 Å². The lowest BCUT2D eigenvalue weighted by Gasteiger charge is -2.16. The number of carbonyl (C=O) groups is 1. The molecule has 0 saturated carbocycles. The van der Waals surface area contributed by atoms with Gasteiger partial charge in [-0.2, -0.15) is 26.3 Å². The molecule has 0 aromatic heterocycles. The highest BCUT2D eigenvalue weighted by Crippen LogP contribution is 2.38. The van der Waals surface area contributed by atoms with E-state index in [1.807, 2.05) is 0 Å². The first kappa shape index (κ1) is 28.9. The molecule has 0 bridgehead atoms. The molecule has 212 valence electrons. The molecule has 0 heterocycles. The highest BCUT2D eigenvalue weighted by atomic mass is 19.4. The standard InChI is InChI=1S/C28H18F6N2O5/c29-27(30,31)19-8-12-24(40-16-17-4-2-1-3-5-17)22(14-19)35-26(37)18-6-10-21(11-7-18)41-25-13-9-20(28(32,33)34)15-23(25)36(38)39/h1-15H,16H2,(H,35,37). The zero-order valence-corrected chi connectivity index (χ0v) is 20.6. The molecular weight excluding hydrogens is 558 g/mol. The summed E-state index contributed by atoms with van der Waals surface area (Å²) >= 11 is 0. The van der Waals surface area contributed by atoms with Crippen LogP contribution in [0.25, 0.3) is 0 Å². The van der Waals surface area contributed by atoms with Crippen molar-refractivity contribution in [3.05, 3.63) is 123 Å². The Labute approximate surface area is 228 Å². The van der Waals surface area contributed by atoms with Crippen LogP contribution in [0.2, 0.25) is 0 Å². The average Bonchev–Trinajstić information content (AvgIpc) is 2.92. The van der Waals surface area contributed by atoms with Gasteiger partial charge in [-0.3, -0.25) is 14.9 Å². The zero-order valence-electron chi connectivity index (χ0n) is 20.6. The number of benzene rings is 4. The van der Waals surface area contributed by atoms with Gasteiger partial charge in [0.25, 0.3) is 5.91 Å². The summed E-state index contributed by atoms with van der Waals surface area (Å²) in [7, 11) is 0. The minimum absolute atomic E-state index is 0.00947. The van der Waals surface area contributed by atoms with E-state index >= 15 is 0 Å². The molecule has 0 atom stereocenters. The fourth-order valence-electron chi connectivity index (χ4n) is 3.58. The van der Waals surface area contributed by atoms with Gasteiger partial charge in [-0.15, -0.1) is 0 Å². The number of amides is 1. The number of anilines is 1. The van der Waals surface area contributed by atoms with Gasteiger partial charge in [0.15, 0.2) is 0 Å². The van der Waals surface area contributed by atoms with Crippen molar-refractivity contribution in [3.8, 4) is 17.2 Å². The Balaban J connectivity index is 1.53. The summed E-state index contributed by atoms with van der Waals surface area (Å²) in [6, 6.07) is 18.1. The molecule has 0 radical (unpaired) electrons. The molecule has 0 fully saturated rings. The van der Waals surface area contributed by atoms with E-state index < -0.39 is 45.7 Å². The summed E-state index contributed by atoms with van der Waals surface area (Å²) in [5.41, 5.74) is -2.68. The van der Waals surface area contributed by atoms with Gasteiger partial charge in [-0.25, -0.2) is 0 Å². The molecule has 13 heteroatoms. The Kier molecular flexibility index (Phi) is 8.17. The number of alkyl halides is 6. The van der Waals surface area contributed by atoms with Crippen LogP contribution in [0, 0.1) is 10.1 Å². The molecule has 0 aliphatic rings. The minimum Gasteiger partial charge on any atom is -0.487 e. The Morgan fingerprint density at radius 3 is 1.95 bits per heavy atom. The smallest absolute Gasteiger partial charge is 0.416 e. The van der Waals surface area contributed by atoms with Gasteiger partial charge in [0, 0.05) is 11.6 Å². The number of halogens is 6. The second-order valence-electron chi connectivity index (χ2n) is 8.50. The summed E-state index contributed by atoms with van der Waals surface area (Å²) in [6.07, 6.45) is -9.48. The highest BCUT2D eigenvalue weighted by Gasteiger charge is 2.34. The minimum atomic E-state index is -4.80. The maximum Gasteiger partial charge on any atom is 0.416 e. The van der Waals surface area contributed by atoms with Crippen LogP contribution in [0.4, 0.5) is 37.7 Å². The van der Waals surface area contributed by atoms with Gasteiger partial charge in [0.1, 0.15) is 18.1 Å². The van der Waals surface area contributed by atoms with Crippen LogP contribution >= 0.6 is 0 Å². The van der Waals surface area contributed by atoms with Crippen molar-refractivity contribution in [2.45, 2.75) is 19.0 Å². The summed E-state index contributed by atoms with van der Waals surface area (Å²) in [4.78, 5) is 23.1. The van der Waals surface area contributed by atoms with Crippen LogP contribution in [-0.2, 0) is 19.0 Å². The fourth-order valence-corrected chi connectivity index (χ4v) is 3.58. The number of nitro benzene ring substituents is 1. The number of nitro groups is 1. The van der Waals surface area contributed by atoms with E-state index in [4.69, 9.17) is 9.47 Å². The summed E-state index contributed by atoms with van der Waals surface area (Å²) in [6.45, 7) is 0.0250. The van der Waals surface area contributed by atoms with Crippen molar-refractivity contribution in [1.82, 2.24) is 0 Å². The lowest BCUT2D eigenvalue weighted by molar-refractivity contribution is -0.385. The van der Waals surface area contributed by atoms with E-state index in [9.17, 15) is 41.3 Å². The van der Waals surface area contributed by atoms with Crippen molar-refractivity contribution in [2.75, 3.05) is 5.32 Å². The predicted molar refractivity (Wildman–Crippen MR) is 135 cm³/mol.